The molecule has 0 radical (unpaired) electrons. The third-order valence-corrected chi connectivity index (χ3v) is 3.08. The van der Waals surface area contributed by atoms with E-state index in [1.165, 1.54) is 6.08 Å². The molecule has 2 rings (SSSR count). The van der Waals surface area contributed by atoms with Gasteiger partial charge in [-0.25, -0.2) is 5.48 Å². The number of rotatable bonds is 7. The first-order valence-corrected chi connectivity index (χ1v) is 7.14. The summed E-state index contributed by atoms with van der Waals surface area (Å²) >= 11 is 0. The summed E-state index contributed by atoms with van der Waals surface area (Å²) in [6.07, 6.45) is 5.33. The predicted molar refractivity (Wildman–Crippen MR) is 88.7 cm³/mol. The smallest absolute Gasteiger partial charge is 0.267 e. The highest BCUT2D eigenvalue weighted by Crippen LogP contribution is 2.19. The number of benzene rings is 2. The van der Waals surface area contributed by atoms with Crippen molar-refractivity contribution in [3.8, 4) is 0 Å². The molecule has 0 aliphatic heterocycles. The molecule has 0 heterocycles. The Balaban J connectivity index is 1.91. The standard InChI is InChI=1S/C19H19NO2/c1-2-9-18(17-12-7-4-8-13-17)22-20-19(21)15-14-16-10-5-3-6-11-16/h2-8,10-15,18H,1,9H2,(H,20,21)/b15-14+. The molecule has 2 aromatic carbocycles. The van der Waals surface area contributed by atoms with Crippen molar-refractivity contribution in [2.75, 3.05) is 0 Å². The molecule has 112 valence electrons. The van der Waals surface area contributed by atoms with E-state index in [0.29, 0.717) is 6.42 Å². The van der Waals surface area contributed by atoms with Gasteiger partial charge in [-0.2, -0.15) is 0 Å². The zero-order valence-electron chi connectivity index (χ0n) is 12.3. The number of hydroxylamine groups is 1. The Labute approximate surface area is 130 Å². The molecule has 0 spiro atoms. The monoisotopic (exact) mass is 293 g/mol. The highest BCUT2D eigenvalue weighted by molar-refractivity contribution is 5.90. The van der Waals surface area contributed by atoms with Gasteiger partial charge >= 0.3 is 0 Å². The lowest BCUT2D eigenvalue weighted by Crippen LogP contribution is -2.24. The van der Waals surface area contributed by atoms with Gasteiger partial charge in [0.25, 0.3) is 5.91 Å². The maximum Gasteiger partial charge on any atom is 0.267 e. The van der Waals surface area contributed by atoms with Gasteiger partial charge < -0.3 is 0 Å². The molecule has 0 saturated carbocycles. The van der Waals surface area contributed by atoms with Gasteiger partial charge in [0.05, 0.1) is 0 Å². The zero-order valence-corrected chi connectivity index (χ0v) is 12.3. The summed E-state index contributed by atoms with van der Waals surface area (Å²) in [5.41, 5.74) is 4.42. The summed E-state index contributed by atoms with van der Waals surface area (Å²) < 4.78 is 0. The van der Waals surface area contributed by atoms with Gasteiger partial charge in [0.1, 0.15) is 6.10 Å². The molecule has 1 atom stereocenters. The molecular weight excluding hydrogens is 274 g/mol. The SMILES string of the molecule is C=CCC(ONC(=O)/C=C/c1ccccc1)c1ccccc1. The minimum Gasteiger partial charge on any atom is -0.268 e. The van der Waals surface area contributed by atoms with Crippen molar-refractivity contribution in [2.45, 2.75) is 12.5 Å². The van der Waals surface area contributed by atoms with E-state index < -0.39 is 0 Å². The highest BCUT2D eigenvalue weighted by atomic mass is 16.7. The molecule has 22 heavy (non-hydrogen) atoms. The molecule has 3 heteroatoms. The van der Waals surface area contributed by atoms with Gasteiger partial charge in [-0.05, 0) is 23.6 Å². The molecule has 0 aliphatic carbocycles. The van der Waals surface area contributed by atoms with Crippen LogP contribution in [0.5, 0.6) is 0 Å². The van der Waals surface area contributed by atoms with Crippen molar-refractivity contribution in [3.05, 3.63) is 90.5 Å². The molecule has 0 bridgehead atoms. The largest absolute Gasteiger partial charge is 0.268 e. The zero-order chi connectivity index (χ0) is 15.6. The fraction of sp³-hybridized carbons (Fsp3) is 0.105. The number of nitrogens with one attached hydrogen (secondary N) is 1. The van der Waals surface area contributed by atoms with E-state index in [-0.39, 0.29) is 12.0 Å². The van der Waals surface area contributed by atoms with Gasteiger partial charge in [-0.1, -0.05) is 66.7 Å². The van der Waals surface area contributed by atoms with Crippen LogP contribution in [0.3, 0.4) is 0 Å². The second kappa shape index (κ2) is 8.60. The predicted octanol–water partition coefficient (Wildman–Crippen LogP) is 4.07. The van der Waals surface area contributed by atoms with Crippen LogP contribution in [0.25, 0.3) is 6.08 Å². The number of hydrogen-bond acceptors (Lipinski definition) is 2. The van der Waals surface area contributed by atoms with Gasteiger partial charge in [-0.3, -0.25) is 9.63 Å². The first-order valence-electron chi connectivity index (χ1n) is 7.14. The Morgan fingerprint density at radius 1 is 1.09 bits per heavy atom. The molecule has 2 aromatic rings. The summed E-state index contributed by atoms with van der Waals surface area (Å²) in [4.78, 5) is 17.3. The van der Waals surface area contributed by atoms with Crippen LogP contribution < -0.4 is 5.48 Å². The van der Waals surface area contributed by atoms with Crippen molar-refractivity contribution in [1.29, 1.82) is 0 Å². The average molecular weight is 293 g/mol. The Hall–Kier alpha value is -2.65. The van der Waals surface area contributed by atoms with Crippen LogP contribution in [0.15, 0.2) is 79.4 Å². The minimum absolute atomic E-state index is 0.243. The molecular formula is C19H19NO2. The number of amides is 1. The van der Waals surface area contributed by atoms with Crippen LogP contribution in [-0.2, 0) is 9.63 Å². The molecule has 0 saturated heterocycles. The van der Waals surface area contributed by atoms with Crippen LogP contribution in [0.4, 0.5) is 0 Å². The van der Waals surface area contributed by atoms with Crippen LogP contribution in [0.2, 0.25) is 0 Å². The summed E-state index contributed by atoms with van der Waals surface area (Å²) in [6, 6.07) is 19.4. The van der Waals surface area contributed by atoms with Crippen molar-refractivity contribution < 1.29 is 9.63 Å². The van der Waals surface area contributed by atoms with Gasteiger partial charge in [-0.15, -0.1) is 6.58 Å². The van der Waals surface area contributed by atoms with E-state index in [1.807, 2.05) is 60.7 Å². The highest BCUT2D eigenvalue weighted by Gasteiger charge is 2.11. The van der Waals surface area contributed by atoms with Crippen LogP contribution >= 0.6 is 0 Å². The first-order chi connectivity index (χ1) is 10.8. The summed E-state index contributed by atoms with van der Waals surface area (Å²) in [7, 11) is 0. The van der Waals surface area contributed by atoms with E-state index in [2.05, 4.69) is 12.1 Å². The topological polar surface area (TPSA) is 38.3 Å². The fourth-order valence-electron chi connectivity index (χ4n) is 1.97. The van der Waals surface area contributed by atoms with Crippen molar-refractivity contribution in [2.24, 2.45) is 0 Å². The molecule has 0 aromatic heterocycles. The Morgan fingerprint density at radius 3 is 2.36 bits per heavy atom. The maximum absolute atomic E-state index is 11.8. The lowest BCUT2D eigenvalue weighted by Gasteiger charge is -2.15. The second-order valence-corrected chi connectivity index (χ2v) is 4.75. The Kier molecular flexibility index (Phi) is 6.15. The van der Waals surface area contributed by atoms with E-state index in [0.717, 1.165) is 11.1 Å². The lowest BCUT2D eigenvalue weighted by atomic mass is 10.1. The third kappa shape index (κ3) is 5.04. The van der Waals surface area contributed by atoms with E-state index >= 15 is 0 Å². The third-order valence-electron chi connectivity index (χ3n) is 3.08. The second-order valence-electron chi connectivity index (χ2n) is 4.75. The van der Waals surface area contributed by atoms with Crippen molar-refractivity contribution in [1.82, 2.24) is 5.48 Å². The quantitative estimate of drug-likeness (QED) is 0.475. The minimum atomic E-state index is -0.297. The van der Waals surface area contributed by atoms with Crippen LogP contribution in [-0.4, -0.2) is 5.91 Å². The number of hydrogen-bond donors (Lipinski definition) is 1. The fourth-order valence-corrected chi connectivity index (χ4v) is 1.97. The number of carbonyl (C=O) groups is 1. The number of carbonyl (C=O) groups excluding carboxylic acids is 1. The van der Waals surface area contributed by atoms with Crippen molar-refractivity contribution in [3.63, 3.8) is 0 Å². The molecule has 0 fully saturated rings. The summed E-state index contributed by atoms with van der Waals surface area (Å²) in [5, 5.41) is 0. The van der Waals surface area contributed by atoms with E-state index in [4.69, 9.17) is 4.84 Å². The molecule has 0 aliphatic rings. The van der Waals surface area contributed by atoms with Gasteiger partial charge in [0, 0.05) is 6.08 Å². The molecule has 3 nitrogen and oxygen atoms in total. The van der Waals surface area contributed by atoms with E-state index in [1.54, 1.807) is 12.2 Å². The molecule has 1 amide bonds. The van der Waals surface area contributed by atoms with Crippen LogP contribution in [0.1, 0.15) is 23.7 Å². The average Bonchev–Trinajstić information content (AvgIpc) is 2.58. The molecule has 1 unspecified atom stereocenters. The Morgan fingerprint density at radius 2 is 1.73 bits per heavy atom. The summed E-state index contributed by atoms with van der Waals surface area (Å²) in [5.74, 6) is -0.297. The maximum atomic E-state index is 11.8. The van der Waals surface area contributed by atoms with Gasteiger partial charge in [0.15, 0.2) is 0 Å². The van der Waals surface area contributed by atoms with Crippen molar-refractivity contribution >= 4 is 12.0 Å². The lowest BCUT2D eigenvalue weighted by molar-refractivity contribution is -0.133. The van der Waals surface area contributed by atoms with Gasteiger partial charge in [0.2, 0.25) is 0 Å². The van der Waals surface area contributed by atoms with E-state index in [9.17, 15) is 4.79 Å². The molecule has 1 N–H and O–H groups in total. The normalized spacial score (nSPS) is 12.0. The Bertz CT molecular complexity index is 620. The van der Waals surface area contributed by atoms with Crippen LogP contribution in [0, 0.1) is 0 Å². The first kappa shape index (κ1) is 15.7. The summed E-state index contributed by atoms with van der Waals surface area (Å²) in [6.45, 7) is 3.72.